The number of carbonyl (C=O) groups excluding carboxylic acids is 2. The van der Waals surface area contributed by atoms with Gasteiger partial charge in [0.25, 0.3) is 5.91 Å². The zero-order valence-electron chi connectivity index (χ0n) is 11.4. The van der Waals surface area contributed by atoms with Crippen molar-refractivity contribution < 1.29 is 9.59 Å². The van der Waals surface area contributed by atoms with Gasteiger partial charge in [-0.25, -0.2) is 0 Å². The molecule has 3 N–H and O–H groups in total. The lowest BCUT2D eigenvalue weighted by molar-refractivity contribution is -0.120. The lowest BCUT2D eigenvalue weighted by Crippen LogP contribution is -2.37. The molecule has 0 bridgehead atoms. The fourth-order valence-corrected chi connectivity index (χ4v) is 1.86. The number of hydrogen-bond donors (Lipinski definition) is 3. The zero-order chi connectivity index (χ0) is 15.2. The Balaban J connectivity index is 1.81. The van der Waals surface area contributed by atoms with Crippen molar-refractivity contribution in [2.45, 2.75) is 13.0 Å². The molecule has 7 heteroatoms. The van der Waals surface area contributed by atoms with Crippen LogP contribution < -0.4 is 10.6 Å². The number of benzene rings is 1. The zero-order valence-corrected chi connectivity index (χ0v) is 12.1. The summed E-state index contributed by atoms with van der Waals surface area (Å²) < 4.78 is 0. The van der Waals surface area contributed by atoms with Gasteiger partial charge in [0.1, 0.15) is 0 Å². The Labute approximate surface area is 126 Å². The summed E-state index contributed by atoms with van der Waals surface area (Å²) in [6, 6.07) is 6.27. The molecule has 2 amide bonds. The highest BCUT2D eigenvalue weighted by molar-refractivity contribution is 6.30. The first-order valence-electron chi connectivity index (χ1n) is 6.38. The number of hydrogen-bond acceptors (Lipinski definition) is 3. The van der Waals surface area contributed by atoms with Crippen LogP contribution in [0.25, 0.3) is 0 Å². The molecule has 1 heterocycles. The van der Waals surface area contributed by atoms with Crippen LogP contribution >= 0.6 is 11.6 Å². The maximum absolute atomic E-state index is 11.8. The predicted molar refractivity (Wildman–Crippen MR) is 78.9 cm³/mol. The van der Waals surface area contributed by atoms with Gasteiger partial charge in [0.05, 0.1) is 18.8 Å². The number of aromatic amines is 1. The van der Waals surface area contributed by atoms with Crippen molar-refractivity contribution in [1.82, 2.24) is 20.8 Å². The van der Waals surface area contributed by atoms with Gasteiger partial charge in [-0.1, -0.05) is 11.6 Å². The van der Waals surface area contributed by atoms with E-state index in [-0.39, 0.29) is 24.4 Å². The first kappa shape index (κ1) is 15.1. The number of halogens is 1. The van der Waals surface area contributed by atoms with E-state index in [1.165, 1.54) is 0 Å². The number of nitrogens with one attached hydrogen (secondary N) is 3. The highest BCUT2D eigenvalue weighted by atomic mass is 35.5. The maximum Gasteiger partial charge on any atom is 0.251 e. The van der Waals surface area contributed by atoms with E-state index in [0.717, 1.165) is 5.56 Å². The van der Waals surface area contributed by atoms with E-state index in [1.54, 1.807) is 36.7 Å². The Kier molecular flexibility index (Phi) is 4.94. The van der Waals surface area contributed by atoms with Gasteiger partial charge < -0.3 is 10.6 Å². The Bertz CT molecular complexity index is 610. The van der Waals surface area contributed by atoms with Crippen LogP contribution in [-0.4, -0.2) is 28.6 Å². The van der Waals surface area contributed by atoms with Crippen LogP contribution in [0, 0.1) is 0 Å². The van der Waals surface area contributed by atoms with E-state index >= 15 is 0 Å². The van der Waals surface area contributed by atoms with Gasteiger partial charge in [0.2, 0.25) is 5.91 Å². The lowest BCUT2D eigenvalue weighted by Gasteiger charge is -2.12. The summed E-state index contributed by atoms with van der Waals surface area (Å²) in [6.45, 7) is 1.74. The molecule has 1 atom stereocenters. The molecule has 0 saturated carbocycles. The van der Waals surface area contributed by atoms with Crippen LogP contribution in [0.4, 0.5) is 0 Å². The van der Waals surface area contributed by atoms with Crippen molar-refractivity contribution in [1.29, 1.82) is 0 Å². The van der Waals surface area contributed by atoms with Gasteiger partial charge in [0, 0.05) is 22.3 Å². The van der Waals surface area contributed by atoms with Crippen molar-refractivity contribution >= 4 is 23.4 Å². The lowest BCUT2D eigenvalue weighted by atomic mass is 10.2. The molecular formula is C14H15ClN4O2. The predicted octanol–water partition coefficient (Wildman–Crippen LogP) is 1.67. The Morgan fingerprint density at radius 2 is 2.05 bits per heavy atom. The van der Waals surface area contributed by atoms with Gasteiger partial charge in [-0.3, -0.25) is 14.7 Å². The second-order valence-corrected chi connectivity index (χ2v) is 4.95. The average molecular weight is 307 g/mol. The van der Waals surface area contributed by atoms with Crippen LogP contribution in [-0.2, 0) is 4.79 Å². The molecule has 0 radical (unpaired) electrons. The van der Waals surface area contributed by atoms with E-state index in [9.17, 15) is 9.59 Å². The fourth-order valence-electron chi connectivity index (χ4n) is 1.74. The molecule has 0 aliphatic carbocycles. The third-order valence-electron chi connectivity index (χ3n) is 2.91. The first-order valence-corrected chi connectivity index (χ1v) is 6.76. The number of amides is 2. The molecule has 1 aromatic heterocycles. The maximum atomic E-state index is 11.8. The van der Waals surface area contributed by atoms with Gasteiger partial charge in [0.15, 0.2) is 0 Å². The number of H-pyrrole nitrogens is 1. The third kappa shape index (κ3) is 4.32. The van der Waals surface area contributed by atoms with Gasteiger partial charge in [-0.05, 0) is 31.2 Å². The van der Waals surface area contributed by atoms with Crippen molar-refractivity contribution in [2.75, 3.05) is 6.54 Å². The summed E-state index contributed by atoms with van der Waals surface area (Å²) in [6.07, 6.45) is 3.34. The van der Waals surface area contributed by atoms with Crippen LogP contribution in [0.15, 0.2) is 36.7 Å². The minimum atomic E-state index is -0.321. The SMILES string of the molecule is CC(NC(=O)CNC(=O)c1ccc(Cl)cc1)c1cn[nH]c1. The summed E-state index contributed by atoms with van der Waals surface area (Å²) in [4.78, 5) is 23.6. The Hall–Kier alpha value is -2.34. The molecule has 2 aromatic rings. The molecular weight excluding hydrogens is 292 g/mol. The molecule has 0 aliphatic heterocycles. The first-order chi connectivity index (χ1) is 10.1. The topological polar surface area (TPSA) is 86.9 Å². The Morgan fingerprint density at radius 1 is 1.33 bits per heavy atom. The number of rotatable bonds is 5. The van der Waals surface area contributed by atoms with Crippen LogP contribution in [0.3, 0.4) is 0 Å². The van der Waals surface area contributed by atoms with Crippen LogP contribution in [0.5, 0.6) is 0 Å². The molecule has 0 spiro atoms. The quantitative estimate of drug-likeness (QED) is 0.785. The minimum absolute atomic E-state index is 0.0936. The molecule has 0 fully saturated rings. The van der Waals surface area contributed by atoms with Gasteiger partial charge in [-0.15, -0.1) is 0 Å². The van der Waals surface area contributed by atoms with Crippen LogP contribution in [0.1, 0.15) is 28.9 Å². The van der Waals surface area contributed by atoms with E-state index in [2.05, 4.69) is 20.8 Å². The molecule has 110 valence electrons. The molecule has 21 heavy (non-hydrogen) atoms. The Morgan fingerprint density at radius 3 is 2.67 bits per heavy atom. The van der Waals surface area contributed by atoms with E-state index in [0.29, 0.717) is 10.6 Å². The summed E-state index contributed by atoms with van der Waals surface area (Å²) in [5, 5.41) is 12.4. The van der Waals surface area contributed by atoms with E-state index < -0.39 is 0 Å². The molecule has 6 nitrogen and oxygen atoms in total. The third-order valence-corrected chi connectivity index (χ3v) is 3.16. The van der Waals surface area contributed by atoms with Crippen molar-refractivity contribution in [2.24, 2.45) is 0 Å². The molecule has 0 saturated heterocycles. The smallest absolute Gasteiger partial charge is 0.251 e. The normalized spacial score (nSPS) is 11.7. The highest BCUT2D eigenvalue weighted by Crippen LogP contribution is 2.10. The number of carbonyl (C=O) groups is 2. The largest absolute Gasteiger partial charge is 0.348 e. The van der Waals surface area contributed by atoms with Crippen molar-refractivity contribution in [3.63, 3.8) is 0 Å². The van der Waals surface area contributed by atoms with Crippen LogP contribution in [0.2, 0.25) is 5.02 Å². The number of nitrogens with zero attached hydrogens (tertiary/aromatic N) is 1. The van der Waals surface area contributed by atoms with Crippen molar-refractivity contribution in [3.8, 4) is 0 Å². The second-order valence-electron chi connectivity index (χ2n) is 4.51. The molecule has 1 aromatic carbocycles. The summed E-state index contributed by atoms with van der Waals surface area (Å²) >= 11 is 5.75. The molecule has 2 rings (SSSR count). The number of aromatic nitrogens is 2. The van der Waals surface area contributed by atoms with Crippen molar-refractivity contribution in [3.05, 3.63) is 52.8 Å². The summed E-state index contributed by atoms with van der Waals surface area (Å²) in [5.41, 5.74) is 1.32. The average Bonchev–Trinajstić information content (AvgIpc) is 3.00. The van der Waals surface area contributed by atoms with E-state index in [4.69, 9.17) is 11.6 Å². The minimum Gasteiger partial charge on any atom is -0.348 e. The van der Waals surface area contributed by atoms with Gasteiger partial charge >= 0.3 is 0 Å². The fraction of sp³-hybridized carbons (Fsp3) is 0.214. The molecule has 1 unspecified atom stereocenters. The second kappa shape index (κ2) is 6.90. The van der Waals surface area contributed by atoms with Gasteiger partial charge in [-0.2, -0.15) is 5.10 Å². The summed E-state index contributed by atoms with van der Waals surface area (Å²) in [7, 11) is 0. The monoisotopic (exact) mass is 306 g/mol. The highest BCUT2D eigenvalue weighted by Gasteiger charge is 2.12. The molecule has 0 aliphatic rings. The van der Waals surface area contributed by atoms with E-state index in [1.807, 2.05) is 6.92 Å². The standard InChI is InChI=1S/C14H15ClN4O2/c1-9(11-6-17-18-7-11)19-13(20)8-16-14(21)10-2-4-12(15)5-3-10/h2-7,9H,8H2,1H3,(H,16,21)(H,17,18)(H,19,20). The summed E-state index contributed by atoms with van der Waals surface area (Å²) in [5.74, 6) is -0.594.